The standard InChI is InChI=1S/C15H18BrN3O2/c1-8-5-10(6-9(2)13(8)16)14-18-15(21-19-14)12-4-3-11(7-17)20-12/h5-6,11-12H,3-4,7,17H2,1-2H3. The maximum atomic E-state index is 5.78. The molecule has 112 valence electrons. The number of nitrogens with zero attached hydrogens (tertiary/aromatic N) is 2. The summed E-state index contributed by atoms with van der Waals surface area (Å²) in [5, 5.41) is 4.08. The number of aryl methyl sites for hydroxylation is 2. The van der Waals surface area contributed by atoms with E-state index in [9.17, 15) is 0 Å². The molecule has 2 unspecified atom stereocenters. The smallest absolute Gasteiger partial charge is 0.256 e. The van der Waals surface area contributed by atoms with Gasteiger partial charge < -0.3 is 15.0 Å². The quantitative estimate of drug-likeness (QED) is 0.918. The first kappa shape index (κ1) is 14.7. The highest BCUT2D eigenvalue weighted by atomic mass is 79.9. The van der Waals surface area contributed by atoms with Crippen molar-refractivity contribution >= 4 is 15.9 Å². The van der Waals surface area contributed by atoms with E-state index in [1.54, 1.807) is 0 Å². The van der Waals surface area contributed by atoms with E-state index in [1.807, 2.05) is 26.0 Å². The summed E-state index contributed by atoms with van der Waals surface area (Å²) in [5.74, 6) is 1.14. The monoisotopic (exact) mass is 351 g/mol. The lowest BCUT2D eigenvalue weighted by Gasteiger charge is -2.07. The van der Waals surface area contributed by atoms with Gasteiger partial charge in [0.1, 0.15) is 6.10 Å². The van der Waals surface area contributed by atoms with Gasteiger partial charge in [0.15, 0.2) is 0 Å². The number of ether oxygens (including phenoxy) is 1. The third-order valence-electron chi connectivity index (χ3n) is 3.78. The molecule has 1 saturated heterocycles. The van der Waals surface area contributed by atoms with Gasteiger partial charge in [-0.25, -0.2) is 0 Å². The van der Waals surface area contributed by atoms with Gasteiger partial charge in [-0.15, -0.1) is 0 Å². The van der Waals surface area contributed by atoms with Crippen molar-refractivity contribution in [2.45, 2.75) is 38.9 Å². The molecule has 2 aromatic rings. The molecule has 1 aliphatic heterocycles. The van der Waals surface area contributed by atoms with Crippen LogP contribution >= 0.6 is 15.9 Å². The summed E-state index contributed by atoms with van der Waals surface area (Å²) in [7, 11) is 0. The molecule has 0 aliphatic carbocycles. The first-order valence-corrected chi connectivity index (χ1v) is 7.84. The average Bonchev–Trinajstić information content (AvgIpc) is 3.12. The van der Waals surface area contributed by atoms with Crippen molar-refractivity contribution < 1.29 is 9.26 Å². The number of halogens is 1. The van der Waals surface area contributed by atoms with Crippen molar-refractivity contribution in [1.29, 1.82) is 0 Å². The Hall–Kier alpha value is -1.24. The Morgan fingerprint density at radius 2 is 2.00 bits per heavy atom. The number of aromatic nitrogens is 2. The lowest BCUT2D eigenvalue weighted by atomic mass is 10.1. The minimum absolute atomic E-state index is 0.0996. The second-order valence-electron chi connectivity index (χ2n) is 5.44. The van der Waals surface area contributed by atoms with Crippen molar-refractivity contribution in [2.75, 3.05) is 6.54 Å². The number of benzene rings is 1. The Bertz CT molecular complexity index is 633. The topological polar surface area (TPSA) is 74.2 Å². The largest absolute Gasteiger partial charge is 0.364 e. The molecular weight excluding hydrogens is 334 g/mol. The molecule has 2 N–H and O–H groups in total. The molecule has 2 heterocycles. The van der Waals surface area contributed by atoms with E-state index >= 15 is 0 Å². The molecule has 1 fully saturated rings. The molecule has 1 aliphatic rings. The van der Waals surface area contributed by atoms with E-state index in [2.05, 4.69) is 26.1 Å². The summed E-state index contributed by atoms with van der Waals surface area (Å²) in [4.78, 5) is 4.48. The Kier molecular flexibility index (Phi) is 4.10. The second kappa shape index (κ2) is 5.87. The molecule has 0 bridgehead atoms. The summed E-state index contributed by atoms with van der Waals surface area (Å²) in [6, 6.07) is 4.09. The van der Waals surface area contributed by atoms with Crippen molar-refractivity contribution in [2.24, 2.45) is 5.73 Å². The number of rotatable bonds is 3. The van der Waals surface area contributed by atoms with Crippen molar-refractivity contribution in [3.63, 3.8) is 0 Å². The molecule has 1 aromatic carbocycles. The zero-order chi connectivity index (χ0) is 15.0. The fraction of sp³-hybridized carbons (Fsp3) is 0.467. The van der Waals surface area contributed by atoms with E-state index in [0.717, 1.165) is 34.0 Å². The van der Waals surface area contributed by atoms with E-state index in [1.165, 1.54) is 0 Å². The molecule has 21 heavy (non-hydrogen) atoms. The van der Waals surface area contributed by atoms with Crippen LogP contribution in [0, 0.1) is 13.8 Å². The zero-order valence-corrected chi connectivity index (χ0v) is 13.7. The number of nitrogens with two attached hydrogens (primary N) is 1. The van der Waals surface area contributed by atoms with E-state index in [4.69, 9.17) is 15.0 Å². The SMILES string of the molecule is Cc1cc(-c2noc(C3CCC(CN)O3)n2)cc(C)c1Br. The lowest BCUT2D eigenvalue weighted by molar-refractivity contribution is 0.0307. The van der Waals surface area contributed by atoms with Gasteiger partial charge in [0.05, 0.1) is 6.10 Å². The highest BCUT2D eigenvalue weighted by Crippen LogP contribution is 2.33. The summed E-state index contributed by atoms with van der Waals surface area (Å²) >= 11 is 3.56. The van der Waals surface area contributed by atoms with E-state index in [0.29, 0.717) is 18.3 Å². The van der Waals surface area contributed by atoms with Crippen LogP contribution in [0.5, 0.6) is 0 Å². The van der Waals surface area contributed by atoms with Gasteiger partial charge in [-0.2, -0.15) is 4.98 Å². The van der Waals surface area contributed by atoms with Crippen molar-refractivity contribution in [1.82, 2.24) is 10.1 Å². The van der Waals surface area contributed by atoms with Crippen LogP contribution < -0.4 is 5.73 Å². The van der Waals surface area contributed by atoms with Gasteiger partial charge in [-0.05, 0) is 49.9 Å². The molecule has 0 amide bonds. The fourth-order valence-corrected chi connectivity index (χ4v) is 2.85. The van der Waals surface area contributed by atoms with Crippen LogP contribution in [0.25, 0.3) is 11.4 Å². The molecule has 2 atom stereocenters. The fourth-order valence-electron chi connectivity index (χ4n) is 2.62. The van der Waals surface area contributed by atoms with Crippen LogP contribution in [-0.4, -0.2) is 22.8 Å². The zero-order valence-electron chi connectivity index (χ0n) is 12.1. The summed E-state index contributed by atoms with van der Waals surface area (Å²) in [6.45, 7) is 4.63. The lowest BCUT2D eigenvalue weighted by Crippen LogP contribution is -2.18. The van der Waals surface area contributed by atoms with Gasteiger partial charge in [0, 0.05) is 16.6 Å². The van der Waals surface area contributed by atoms with Gasteiger partial charge in [0.25, 0.3) is 5.89 Å². The molecule has 6 heteroatoms. The molecule has 3 rings (SSSR count). The van der Waals surface area contributed by atoms with Crippen LogP contribution in [-0.2, 0) is 4.74 Å². The Morgan fingerprint density at radius 3 is 2.62 bits per heavy atom. The number of hydrogen-bond acceptors (Lipinski definition) is 5. The first-order valence-electron chi connectivity index (χ1n) is 7.04. The van der Waals surface area contributed by atoms with Crippen LogP contribution in [0.15, 0.2) is 21.1 Å². The van der Waals surface area contributed by atoms with Gasteiger partial charge in [0.2, 0.25) is 5.82 Å². The van der Waals surface area contributed by atoms with Gasteiger partial charge in [-0.1, -0.05) is 21.1 Å². The molecule has 0 saturated carbocycles. The number of hydrogen-bond donors (Lipinski definition) is 1. The highest BCUT2D eigenvalue weighted by Gasteiger charge is 2.30. The predicted octanol–water partition coefficient (Wildman–Crippen LogP) is 3.29. The molecule has 0 spiro atoms. The predicted molar refractivity (Wildman–Crippen MR) is 82.8 cm³/mol. The minimum Gasteiger partial charge on any atom is -0.364 e. The summed E-state index contributed by atoms with van der Waals surface area (Å²) in [6.07, 6.45) is 1.79. The Morgan fingerprint density at radius 1 is 1.29 bits per heavy atom. The Labute approximate surface area is 132 Å². The minimum atomic E-state index is -0.127. The normalized spacial score (nSPS) is 21.9. The molecule has 1 aromatic heterocycles. The summed E-state index contributed by atoms with van der Waals surface area (Å²) < 4.78 is 12.3. The highest BCUT2D eigenvalue weighted by molar-refractivity contribution is 9.10. The summed E-state index contributed by atoms with van der Waals surface area (Å²) in [5.41, 5.74) is 8.88. The van der Waals surface area contributed by atoms with Crippen molar-refractivity contribution in [3.05, 3.63) is 33.6 Å². The Balaban J connectivity index is 1.85. The average molecular weight is 352 g/mol. The second-order valence-corrected chi connectivity index (χ2v) is 6.23. The van der Waals surface area contributed by atoms with Crippen LogP contribution in [0.3, 0.4) is 0 Å². The van der Waals surface area contributed by atoms with E-state index in [-0.39, 0.29) is 12.2 Å². The van der Waals surface area contributed by atoms with Crippen molar-refractivity contribution in [3.8, 4) is 11.4 Å². The molecule has 5 nitrogen and oxygen atoms in total. The van der Waals surface area contributed by atoms with Crippen LogP contribution in [0.1, 0.15) is 36.0 Å². The van der Waals surface area contributed by atoms with Crippen LogP contribution in [0.4, 0.5) is 0 Å². The van der Waals surface area contributed by atoms with Crippen LogP contribution in [0.2, 0.25) is 0 Å². The van der Waals surface area contributed by atoms with Gasteiger partial charge >= 0.3 is 0 Å². The maximum absolute atomic E-state index is 5.78. The van der Waals surface area contributed by atoms with E-state index < -0.39 is 0 Å². The first-order chi connectivity index (χ1) is 10.1. The molecule has 0 radical (unpaired) electrons. The maximum Gasteiger partial charge on any atom is 0.256 e. The van der Waals surface area contributed by atoms with Gasteiger partial charge in [-0.3, -0.25) is 0 Å². The third kappa shape index (κ3) is 2.88. The third-order valence-corrected chi connectivity index (χ3v) is 5.03. The molecular formula is C15H18BrN3O2.